The molecule has 1 nitrogen and oxygen atoms in total. The summed E-state index contributed by atoms with van der Waals surface area (Å²) in [6.45, 7) is 13.3. The zero-order valence-corrected chi connectivity index (χ0v) is 25.6. The topological polar surface area (TPSA) is 3.24 Å². The molecule has 212 valence electrons. The molecule has 0 saturated carbocycles. The maximum absolute atomic E-state index is 4.36. The highest BCUT2D eigenvalue weighted by molar-refractivity contribution is 5.77. The van der Waals surface area contributed by atoms with E-state index < -0.39 is 0 Å². The van der Waals surface area contributed by atoms with Crippen LogP contribution in [0.5, 0.6) is 0 Å². The van der Waals surface area contributed by atoms with Gasteiger partial charge in [-0.1, -0.05) is 137 Å². The van der Waals surface area contributed by atoms with Gasteiger partial charge in [-0.2, -0.15) is 0 Å². The Balaban J connectivity index is 1.61. The van der Waals surface area contributed by atoms with Crippen LogP contribution in [0, 0.1) is 0 Å². The SMILES string of the molecule is C=C(/C=C\C)c1ccc(-c2ccc(C(C)(C)N(c3ccccc3)c3ccccc3)cc2)cc1CCCCCCCC. The molecule has 0 amide bonds. The van der Waals surface area contributed by atoms with E-state index in [-0.39, 0.29) is 5.54 Å². The van der Waals surface area contributed by atoms with E-state index in [2.05, 4.69) is 154 Å². The number of hydrogen-bond acceptors (Lipinski definition) is 1. The third-order valence-electron chi connectivity index (χ3n) is 8.13. The van der Waals surface area contributed by atoms with Crippen molar-refractivity contribution in [2.45, 2.75) is 78.2 Å². The molecule has 0 aliphatic heterocycles. The van der Waals surface area contributed by atoms with Crippen molar-refractivity contribution in [3.8, 4) is 11.1 Å². The number of rotatable bonds is 14. The molecule has 0 aliphatic carbocycles. The van der Waals surface area contributed by atoms with Crippen LogP contribution in [0.25, 0.3) is 16.7 Å². The average molecular weight is 542 g/mol. The van der Waals surface area contributed by atoms with E-state index >= 15 is 0 Å². The molecule has 0 unspecified atom stereocenters. The van der Waals surface area contributed by atoms with Gasteiger partial charge in [0.25, 0.3) is 0 Å². The summed E-state index contributed by atoms with van der Waals surface area (Å²) in [4.78, 5) is 2.43. The summed E-state index contributed by atoms with van der Waals surface area (Å²) in [7, 11) is 0. The van der Waals surface area contributed by atoms with Gasteiger partial charge in [0.1, 0.15) is 0 Å². The van der Waals surface area contributed by atoms with E-state index in [1.807, 2.05) is 0 Å². The summed E-state index contributed by atoms with van der Waals surface area (Å²) in [6.07, 6.45) is 13.2. The Bertz CT molecular complexity index is 1360. The van der Waals surface area contributed by atoms with Gasteiger partial charge >= 0.3 is 0 Å². The minimum atomic E-state index is -0.252. The highest BCUT2D eigenvalue weighted by Crippen LogP contribution is 2.40. The van der Waals surface area contributed by atoms with Crippen LogP contribution in [-0.4, -0.2) is 0 Å². The largest absolute Gasteiger partial charge is 0.332 e. The van der Waals surface area contributed by atoms with E-state index in [1.165, 1.54) is 77.7 Å². The van der Waals surface area contributed by atoms with Crippen LogP contribution < -0.4 is 4.90 Å². The summed E-state index contributed by atoms with van der Waals surface area (Å²) >= 11 is 0. The number of aryl methyl sites for hydroxylation is 1. The molecule has 41 heavy (non-hydrogen) atoms. The second-order valence-corrected chi connectivity index (χ2v) is 11.6. The fourth-order valence-corrected chi connectivity index (χ4v) is 5.83. The average Bonchev–Trinajstić information content (AvgIpc) is 3.00. The van der Waals surface area contributed by atoms with Crippen molar-refractivity contribution in [2.75, 3.05) is 4.90 Å². The summed E-state index contributed by atoms with van der Waals surface area (Å²) in [5.41, 5.74) is 9.70. The molecule has 4 rings (SSSR count). The van der Waals surface area contributed by atoms with Crippen molar-refractivity contribution in [1.29, 1.82) is 0 Å². The first kappa shape index (κ1) is 30.1. The number of allylic oxidation sites excluding steroid dienone is 3. The second kappa shape index (κ2) is 14.7. The normalized spacial score (nSPS) is 11.6. The highest BCUT2D eigenvalue weighted by Gasteiger charge is 2.30. The van der Waals surface area contributed by atoms with E-state index in [9.17, 15) is 0 Å². The Morgan fingerprint density at radius 1 is 0.707 bits per heavy atom. The van der Waals surface area contributed by atoms with Crippen molar-refractivity contribution < 1.29 is 0 Å². The van der Waals surface area contributed by atoms with Gasteiger partial charge in [-0.3, -0.25) is 0 Å². The third kappa shape index (κ3) is 7.67. The number of para-hydroxylation sites is 2. The summed E-state index contributed by atoms with van der Waals surface area (Å²) < 4.78 is 0. The molecule has 1 heteroatoms. The van der Waals surface area contributed by atoms with Crippen molar-refractivity contribution in [3.05, 3.63) is 139 Å². The lowest BCUT2D eigenvalue weighted by molar-refractivity contribution is 0.536. The van der Waals surface area contributed by atoms with Gasteiger partial charge in [0, 0.05) is 11.4 Å². The predicted molar refractivity (Wildman–Crippen MR) is 181 cm³/mol. The number of nitrogens with zero attached hydrogens (tertiary/aromatic N) is 1. The van der Waals surface area contributed by atoms with Gasteiger partial charge in [0.05, 0.1) is 5.54 Å². The Labute approximate surface area is 249 Å². The maximum Gasteiger partial charge on any atom is 0.0646 e. The fourth-order valence-electron chi connectivity index (χ4n) is 5.83. The summed E-state index contributed by atoms with van der Waals surface area (Å²) in [5, 5.41) is 0. The zero-order valence-electron chi connectivity index (χ0n) is 25.6. The van der Waals surface area contributed by atoms with Gasteiger partial charge in [-0.05, 0) is 91.3 Å². The molecule has 0 heterocycles. The highest BCUT2D eigenvalue weighted by atomic mass is 15.2. The molecule has 0 spiro atoms. The standard InChI is InChI=1S/C40H47N/c1-6-8-9-10-11-14-20-35-31-34(27-30-39(35)32(3)19-7-2)33-25-28-36(29-26-33)40(4,5)41(37-21-15-12-16-22-37)38-23-17-13-18-24-38/h7,12-13,15-19,21-31H,3,6,8-11,14,20H2,1-2,4-5H3/b19-7-. The van der Waals surface area contributed by atoms with Gasteiger partial charge in [-0.15, -0.1) is 0 Å². The molecule has 0 bridgehead atoms. The first-order valence-electron chi connectivity index (χ1n) is 15.4. The van der Waals surface area contributed by atoms with Crippen LogP contribution in [0.15, 0.2) is 122 Å². The lowest BCUT2D eigenvalue weighted by Gasteiger charge is -2.41. The first-order chi connectivity index (χ1) is 20.0. The Morgan fingerprint density at radius 2 is 1.27 bits per heavy atom. The molecular formula is C40H47N. The van der Waals surface area contributed by atoms with E-state index in [1.54, 1.807) is 0 Å². The Hall–Kier alpha value is -3.84. The molecule has 0 atom stereocenters. The molecule has 0 radical (unpaired) electrons. The monoisotopic (exact) mass is 541 g/mol. The number of unbranched alkanes of at least 4 members (excludes halogenated alkanes) is 5. The minimum Gasteiger partial charge on any atom is -0.332 e. The molecule has 0 aliphatic rings. The minimum absolute atomic E-state index is 0.252. The van der Waals surface area contributed by atoms with E-state index in [4.69, 9.17) is 0 Å². The second-order valence-electron chi connectivity index (χ2n) is 11.6. The van der Waals surface area contributed by atoms with Crippen LogP contribution in [0.3, 0.4) is 0 Å². The van der Waals surface area contributed by atoms with Gasteiger partial charge < -0.3 is 4.90 Å². The number of hydrogen-bond donors (Lipinski definition) is 0. The van der Waals surface area contributed by atoms with Crippen LogP contribution >= 0.6 is 0 Å². The molecule has 0 fully saturated rings. The van der Waals surface area contributed by atoms with E-state index in [0.717, 1.165) is 12.0 Å². The first-order valence-corrected chi connectivity index (χ1v) is 15.4. The van der Waals surface area contributed by atoms with E-state index in [0.29, 0.717) is 0 Å². The summed E-state index contributed by atoms with van der Waals surface area (Å²) in [6, 6.07) is 37.5. The zero-order chi connectivity index (χ0) is 29.1. The van der Waals surface area contributed by atoms with Crippen molar-refractivity contribution >= 4 is 16.9 Å². The quantitative estimate of drug-likeness (QED) is 0.113. The number of anilines is 2. The van der Waals surface area contributed by atoms with Gasteiger partial charge in [0.2, 0.25) is 0 Å². The van der Waals surface area contributed by atoms with Crippen molar-refractivity contribution in [3.63, 3.8) is 0 Å². The Morgan fingerprint density at radius 3 is 1.85 bits per heavy atom. The maximum atomic E-state index is 4.36. The van der Waals surface area contributed by atoms with Crippen LogP contribution in [-0.2, 0) is 12.0 Å². The van der Waals surface area contributed by atoms with Gasteiger partial charge in [0.15, 0.2) is 0 Å². The Kier molecular flexibility index (Phi) is 10.8. The molecule has 4 aromatic rings. The van der Waals surface area contributed by atoms with Crippen LogP contribution in [0.2, 0.25) is 0 Å². The smallest absolute Gasteiger partial charge is 0.0646 e. The molecule has 4 aromatic carbocycles. The van der Waals surface area contributed by atoms with Gasteiger partial charge in [-0.25, -0.2) is 0 Å². The fraction of sp³-hybridized carbons (Fsp3) is 0.300. The predicted octanol–water partition coefficient (Wildman–Crippen LogP) is 11.9. The number of benzene rings is 4. The molecular weight excluding hydrogens is 494 g/mol. The molecule has 0 saturated heterocycles. The summed E-state index contributed by atoms with van der Waals surface area (Å²) in [5.74, 6) is 0. The lowest BCUT2D eigenvalue weighted by atomic mass is 9.88. The van der Waals surface area contributed by atoms with Crippen LogP contribution in [0.4, 0.5) is 11.4 Å². The molecule has 0 aromatic heterocycles. The van der Waals surface area contributed by atoms with Crippen molar-refractivity contribution in [1.82, 2.24) is 0 Å². The third-order valence-corrected chi connectivity index (χ3v) is 8.13. The lowest BCUT2D eigenvalue weighted by Crippen LogP contribution is -2.38. The van der Waals surface area contributed by atoms with Crippen LogP contribution in [0.1, 0.15) is 82.9 Å². The van der Waals surface area contributed by atoms with Crippen molar-refractivity contribution in [2.24, 2.45) is 0 Å². The molecule has 0 N–H and O–H groups in total.